The van der Waals surface area contributed by atoms with Gasteiger partial charge in [-0.15, -0.1) is 0 Å². The highest BCUT2D eigenvalue weighted by atomic mass is 14.9. The predicted molar refractivity (Wildman–Crippen MR) is 212 cm³/mol. The highest BCUT2D eigenvalue weighted by molar-refractivity contribution is 6.13. The number of para-hydroxylation sites is 1. The van der Waals surface area contributed by atoms with Crippen LogP contribution < -0.4 is 0 Å². The molecule has 240 valence electrons. The van der Waals surface area contributed by atoms with Gasteiger partial charge in [0.25, 0.3) is 0 Å². The Kier molecular flexibility index (Phi) is 6.53. The monoisotopic (exact) mass is 651 g/mol. The van der Waals surface area contributed by atoms with Gasteiger partial charge in [0.2, 0.25) is 0 Å². The van der Waals surface area contributed by atoms with E-state index in [1.807, 2.05) is 18.3 Å². The number of rotatable bonds is 4. The van der Waals surface area contributed by atoms with Gasteiger partial charge in [-0.1, -0.05) is 147 Å². The maximum atomic E-state index is 5.27. The lowest BCUT2D eigenvalue weighted by molar-refractivity contribution is 0.661. The van der Waals surface area contributed by atoms with Gasteiger partial charge in [-0.2, -0.15) is 0 Å². The molecule has 3 nitrogen and oxygen atoms in total. The molecule has 0 radical (unpaired) electrons. The molecule has 0 unspecified atom stereocenters. The molecule has 0 saturated carbocycles. The first-order chi connectivity index (χ1) is 25.0. The molecule has 1 aliphatic carbocycles. The van der Waals surface area contributed by atoms with Crippen molar-refractivity contribution in [3.05, 3.63) is 175 Å². The minimum atomic E-state index is -0.0638. The second-order valence-electron chi connectivity index (χ2n) is 14.0. The van der Waals surface area contributed by atoms with Crippen LogP contribution in [0, 0.1) is 0 Å². The summed E-state index contributed by atoms with van der Waals surface area (Å²) < 4.78 is 0. The number of benzene rings is 7. The van der Waals surface area contributed by atoms with Crippen molar-refractivity contribution < 1.29 is 0 Å². The maximum absolute atomic E-state index is 5.27. The topological polar surface area (TPSA) is 38.7 Å². The average Bonchev–Trinajstić information content (AvgIpc) is 3.42. The molecule has 0 amide bonds. The lowest BCUT2D eigenvalue weighted by Gasteiger charge is -2.22. The Morgan fingerprint density at radius 2 is 1.14 bits per heavy atom. The predicted octanol–water partition coefficient (Wildman–Crippen LogP) is 12.3. The smallest absolute Gasteiger partial charge is 0.160 e. The Hall–Kier alpha value is -6.45. The van der Waals surface area contributed by atoms with Crippen LogP contribution in [0.4, 0.5) is 0 Å². The van der Waals surface area contributed by atoms with Crippen LogP contribution in [0.5, 0.6) is 0 Å². The minimum absolute atomic E-state index is 0.0638. The second-order valence-corrected chi connectivity index (χ2v) is 14.0. The summed E-state index contributed by atoms with van der Waals surface area (Å²) in [6, 6.07) is 56.3. The molecule has 0 saturated heterocycles. The standard InChI is InChI=1S/C48H33N3/c1-48(2)42-19-7-6-15-38(42)41-27-34-24-25-37-36(40(34)28-43(41)48)17-9-18-39(37)45-29-44(31-11-4-3-5-12-31)50-47(51-45)33-22-20-30(21-23-33)35-16-8-13-32-14-10-26-49-46(32)35/h3-29H,1-2H3. The Bertz CT molecular complexity index is 2810. The third-order valence-electron chi connectivity index (χ3n) is 10.7. The zero-order valence-corrected chi connectivity index (χ0v) is 28.4. The van der Waals surface area contributed by atoms with E-state index in [4.69, 9.17) is 9.97 Å². The number of pyridine rings is 1. The van der Waals surface area contributed by atoms with Crippen molar-refractivity contribution in [2.45, 2.75) is 19.3 Å². The maximum Gasteiger partial charge on any atom is 0.160 e. The molecular formula is C48H33N3. The van der Waals surface area contributed by atoms with Crippen LogP contribution >= 0.6 is 0 Å². The van der Waals surface area contributed by atoms with Gasteiger partial charge in [0.1, 0.15) is 0 Å². The Morgan fingerprint density at radius 1 is 0.412 bits per heavy atom. The molecule has 7 aromatic carbocycles. The molecule has 9 aromatic rings. The molecule has 0 atom stereocenters. The van der Waals surface area contributed by atoms with E-state index in [1.54, 1.807) is 0 Å². The number of hydrogen-bond donors (Lipinski definition) is 0. The summed E-state index contributed by atoms with van der Waals surface area (Å²) in [5.74, 6) is 0.698. The Balaban J connectivity index is 1.13. The van der Waals surface area contributed by atoms with Gasteiger partial charge in [0.15, 0.2) is 5.82 Å². The lowest BCUT2D eigenvalue weighted by Crippen LogP contribution is -2.14. The van der Waals surface area contributed by atoms with Gasteiger partial charge in [-0.3, -0.25) is 4.98 Å². The molecule has 0 spiro atoms. The Morgan fingerprint density at radius 3 is 2.02 bits per heavy atom. The number of nitrogens with zero attached hydrogens (tertiary/aromatic N) is 3. The number of fused-ring (bicyclic) bond motifs is 7. The quantitative estimate of drug-likeness (QED) is 0.178. The van der Waals surface area contributed by atoms with Crippen LogP contribution in [0.1, 0.15) is 25.0 Å². The number of aromatic nitrogens is 3. The summed E-state index contributed by atoms with van der Waals surface area (Å²) >= 11 is 0. The van der Waals surface area contributed by atoms with E-state index in [9.17, 15) is 0 Å². The summed E-state index contributed by atoms with van der Waals surface area (Å²) in [5.41, 5.74) is 13.5. The first kappa shape index (κ1) is 29.5. The SMILES string of the molecule is CC1(C)c2ccccc2-c2cc3ccc4c(-c5cc(-c6ccccc6)nc(-c6ccc(-c7cccc8cccnc78)cc6)n5)cccc4c3cc21. The van der Waals surface area contributed by atoms with Crippen molar-refractivity contribution in [2.75, 3.05) is 0 Å². The van der Waals surface area contributed by atoms with Crippen LogP contribution in [0.2, 0.25) is 0 Å². The van der Waals surface area contributed by atoms with E-state index in [2.05, 4.69) is 164 Å². The summed E-state index contributed by atoms with van der Waals surface area (Å²) in [4.78, 5) is 15.1. The molecule has 3 heteroatoms. The summed E-state index contributed by atoms with van der Waals surface area (Å²) in [5, 5.41) is 6.06. The van der Waals surface area contributed by atoms with Gasteiger partial charge >= 0.3 is 0 Å². The average molecular weight is 652 g/mol. The highest BCUT2D eigenvalue weighted by Gasteiger charge is 2.35. The van der Waals surface area contributed by atoms with Crippen LogP contribution in [0.3, 0.4) is 0 Å². The molecule has 10 rings (SSSR count). The van der Waals surface area contributed by atoms with Gasteiger partial charge in [-0.25, -0.2) is 9.97 Å². The fraction of sp³-hybridized carbons (Fsp3) is 0.0625. The van der Waals surface area contributed by atoms with Gasteiger partial charge in [0.05, 0.1) is 16.9 Å². The zero-order chi connectivity index (χ0) is 34.1. The third kappa shape index (κ3) is 4.69. The fourth-order valence-electron chi connectivity index (χ4n) is 8.12. The normalized spacial score (nSPS) is 13.1. The van der Waals surface area contributed by atoms with Crippen molar-refractivity contribution in [3.63, 3.8) is 0 Å². The molecule has 51 heavy (non-hydrogen) atoms. The van der Waals surface area contributed by atoms with Crippen LogP contribution in [-0.2, 0) is 5.41 Å². The zero-order valence-electron chi connectivity index (χ0n) is 28.4. The number of hydrogen-bond acceptors (Lipinski definition) is 3. The molecule has 0 aliphatic heterocycles. The second kappa shape index (κ2) is 11.3. The van der Waals surface area contributed by atoms with Crippen molar-refractivity contribution in [3.8, 4) is 56.2 Å². The first-order valence-electron chi connectivity index (χ1n) is 17.5. The van der Waals surface area contributed by atoms with Gasteiger partial charge < -0.3 is 0 Å². The summed E-state index contributed by atoms with van der Waals surface area (Å²) in [7, 11) is 0. The van der Waals surface area contributed by atoms with E-state index in [1.165, 1.54) is 43.8 Å². The minimum Gasteiger partial charge on any atom is -0.256 e. The fourth-order valence-corrected chi connectivity index (χ4v) is 8.12. The molecule has 2 heterocycles. The van der Waals surface area contributed by atoms with Crippen molar-refractivity contribution in [1.82, 2.24) is 15.0 Å². The molecule has 0 fully saturated rings. The Labute approximate surface area is 297 Å². The van der Waals surface area contributed by atoms with Gasteiger partial charge in [-0.05, 0) is 73.6 Å². The van der Waals surface area contributed by atoms with Crippen LogP contribution in [-0.4, -0.2) is 15.0 Å². The van der Waals surface area contributed by atoms with E-state index in [0.717, 1.165) is 50.1 Å². The van der Waals surface area contributed by atoms with Crippen molar-refractivity contribution in [1.29, 1.82) is 0 Å². The van der Waals surface area contributed by atoms with Crippen LogP contribution in [0.25, 0.3) is 88.6 Å². The van der Waals surface area contributed by atoms with Gasteiger partial charge in [0, 0.05) is 39.3 Å². The first-order valence-corrected chi connectivity index (χ1v) is 17.5. The molecule has 0 bridgehead atoms. The van der Waals surface area contributed by atoms with E-state index in [0.29, 0.717) is 5.82 Å². The molecule has 1 aliphatic rings. The van der Waals surface area contributed by atoms with Crippen LogP contribution in [0.15, 0.2) is 164 Å². The third-order valence-corrected chi connectivity index (χ3v) is 10.7. The van der Waals surface area contributed by atoms with E-state index < -0.39 is 0 Å². The molecule has 0 N–H and O–H groups in total. The highest BCUT2D eigenvalue weighted by Crippen LogP contribution is 2.50. The summed E-state index contributed by atoms with van der Waals surface area (Å²) in [6.07, 6.45) is 1.85. The van der Waals surface area contributed by atoms with Crippen molar-refractivity contribution >= 4 is 32.4 Å². The largest absolute Gasteiger partial charge is 0.256 e. The summed E-state index contributed by atoms with van der Waals surface area (Å²) in [6.45, 7) is 4.69. The lowest BCUT2D eigenvalue weighted by atomic mass is 9.81. The van der Waals surface area contributed by atoms with E-state index >= 15 is 0 Å². The molecule has 2 aromatic heterocycles. The van der Waals surface area contributed by atoms with Crippen molar-refractivity contribution in [2.24, 2.45) is 0 Å². The van der Waals surface area contributed by atoms with E-state index in [-0.39, 0.29) is 5.41 Å². The molecular weight excluding hydrogens is 619 g/mol.